The first-order valence-corrected chi connectivity index (χ1v) is 5.70. The topological polar surface area (TPSA) is 78.0 Å². The van der Waals surface area contributed by atoms with Crippen molar-refractivity contribution in [3.05, 3.63) is 22.7 Å². The number of rotatable bonds is 3. The lowest BCUT2D eigenvalue weighted by Crippen LogP contribution is -2.39. The fraction of sp³-hybridized carbons (Fsp3) is 0.636. The maximum atomic E-state index is 11.3. The Morgan fingerprint density at radius 2 is 2.19 bits per heavy atom. The Morgan fingerprint density at radius 1 is 1.44 bits per heavy atom. The second-order valence-electron chi connectivity index (χ2n) is 4.41. The van der Waals surface area contributed by atoms with Gasteiger partial charge in [-0.15, -0.1) is 0 Å². The highest BCUT2D eigenvalue weighted by atomic mass is 16.3. The standard InChI is InChI=1S/C11H17N3O2/c15-10-9(12-6-7-13-10)14-8-11(16)4-2-1-3-5-11/h6-7,16H,1-5,8H2,(H,12,14)(H,13,15). The molecule has 2 rings (SSSR count). The Bertz CT molecular complexity index is 396. The molecule has 1 saturated carbocycles. The molecule has 0 amide bonds. The maximum absolute atomic E-state index is 11.3. The number of aliphatic hydroxyl groups is 1. The number of hydrogen-bond donors (Lipinski definition) is 3. The number of H-pyrrole nitrogens is 1. The molecule has 1 fully saturated rings. The van der Waals surface area contributed by atoms with E-state index in [1.165, 1.54) is 18.8 Å². The van der Waals surface area contributed by atoms with Crippen molar-refractivity contribution < 1.29 is 5.11 Å². The molecule has 3 N–H and O–H groups in total. The summed E-state index contributed by atoms with van der Waals surface area (Å²) in [6.07, 6.45) is 7.90. The van der Waals surface area contributed by atoms with E-state index >= 15 is 0 Å². The van der Waals surface area contributed by atoms with Gasteiger partial charge in [-0.2, -0.15) is 0 Å². The van der Waals surface area contributed by atoms with Gasteiger partial charge < -0.3 is 15.4 Å². The third-order valence-electron chi connectivity index (χ3n) is 3.08. The van der Waals surface area contributed by atoms with E-state index in [-0.39, 0.29) is 11.4 Å². The van der Waals surface area contributed by atoms with Crippen molar-refractivity contribution in [2.24, 2.45) is 0 Å². The molecule has 1 heterocycles. The molecule has 0 atom stereocenters. The Hall–Kier alpha value is -1.36. The molecule has 0 aliphatic heterocycles. The molecule has 0 spiro atoms. The zero-order valence-electron chi connectivity index (χ0n) is 9.20. The molecule has 1 aromatic rings. The smallest absolute Gasteiger partial charge is 0.290 e. The van der Waals surface area contributed by atoms with E-state index in [0.29, 0.717) is 6.54 Å². The molecule has 1 aliphatic carbocycles. The molecule has 0 aromatic carbocycles. The largest absolute Gasteiger partial charge is 0.388 e. The fourth-order valence-corrected chi connectivity index (χ4v) is 2.11. The van der Waals surface area contributed by atoms with Gasteiger partial charge in [0.15, 0.2) is 5.82 Å². The Labute approximate surface area is 93.9 Å². The number of hydrogen-bond acceptors (Lipinski definition) is 4. The Kier molecular flexibility index (Phi) is 3.24. The second-order valence-corrected chi connectivity index (χ2v) is 4.41. The summed E-state index contributed by atoms with van der Waals surface area (Å²) in [5.74, 6) is 0.279. The summed E-state index contributed by atoms with van der Waals surface area (Å²) < 4.78 is 0. The first-order valence-electron chi connectivity index (χ1n) is 5.70. The zero-order chi connectivity index (χ0) is 11.4. The van der Waals surface area contributed by atoms with Crippen LogP contribution >= 0.6 is 0 Å². The highest BCUT2D eigenvalue weighted by molar-refractivity contribution is 5.30. The molecule has 16 heavy (non-hydrogen) atoms. The number of aromatic nitrogens is 2. The Balaban J connectivity index is 1.96. The number of nitrogens with zero attached hydrogens (tertiary/aromatic N) is 1. The third kappa shape index (κ3) is 2.61. The SMILES string of the molecule is O=c1[nH]ccnc1NCC1(O)CCCCC1. The third-order valence-corrected chi connectivity index (χ3v) is 3.08. The van der Waals surface area contributed by atoms with Gasteiger partial charge in [0.2, 0.25) is 0 Å². The van der Waals surface area contributed by atoms with E-state index in [9.17, 15) is 9.90 Å². The van der Waals surface area contributed by atoms with Crippen LogP contribution in [0.15, 0.2) is 17.2 Å². The van der Waals surface area contributed by atoms with Crippen LogP contribution in [-0.2, 0) is 0 Å². The van der Waals surface area contributed by atoms with Crippen LogP contribution in [0.4, 0.5) is 5.82 Å². The molecule has 0 bridgehead atoms. The van der Waals surface area contributed by atoms with Crippen LogP contribution in [0.1, 0.15) is 32.1 Å². The summed E-state index contributed by atoms with van der Waals surface area (Å²) in [6.45, 7) is 0.396. The van der Waals surface area contributed by atoms with Gasteiger partial charge in [0.1, 0.15) is 0 Å². The minimum atomic E-state index is -0.678. The van der Waals surface area contributed by atoms with Gasteiger partial charge in [0.25, 0.3) is 5.56 Å². The van der Waals surface area contributed by atoms with E-state index in [0.717, 1.165) is 25.7 Å². The van der Waals surface area contributed by atoms with Crippen molar-refractivity contribution in [2.75, 3.05) is 11.9 Å². The van der Waals surface area contributed by atoms with E-state index < -0.39 is 5.60 Å². The van der Waals surface area contributed by atoms with Crippen molar-refractivity contribution in [3.8, 4) is 0 Å². The zero-order valence-corrected chi connectivity index (χ0v) is 9.20. The molecule has 0 unspecified atom stereocenters. The van der Waals surface area contributed by atoms with E-state index in [4.69, 9.17) is 0 Å². The predicted octanol–water partition coefficient (Wildman–Crippen LogP) is 0.877. The monoisotopic (exact) mass is 223 g/mol. The minimum Gasteiger partial charge on any atom is -0.388 e. The van der Waals surface area contributed by atoms with Crippen LogP contribution < -0.4 is 10.9 Å². The van der Waals surface area contributed by atoms with Gasteiger partial charge in [-0.25, -0.2) is 4.98 Å². The maximum Gasteiger partial charge on any atom is 0.290 e. The minimum absolute atomic E-state index is 0.248. The number of nitrogens with one attached hydrogen (secondary N) is 2. The molecule has 0 saturated heterocycles. The van der Waals surface area contributed by atoms with Crippen molar-refractivity contribution >= 4 is 5.82 Å². The van der Waals surface area contributed by atoms with Gasteiger partial charge in [0.05, 0.1) is 5.60 Å². The molecular formula is C11H17N3O2. The van der Waals surface area contributed by atoms with Crippen molar-refractivity contribution in [1.29, 1.82) is 0 Å². The molecular weight excluding hydrogens is 206 g/mol. The molecule has 0 radical (unpaired) electrons. The average Bonchev–Trinajstić information content (AvgIpc) is 2.29. The van der Waals surface area contributed by atoms with E-state index in [1.54, 1.807) is 0 Å². The second kappa shape index (κ2) is 4.65. The predicted molar refractivity (Wildman–Crippen MR) is 61.4 cm³/mol. The fourth-order valence-electron chi connectivity index (χ4n) is 2.11. The lowest BCUT2D eigenvalue weighted by molar-refractivity contribution is 0.0166. The van der Waals surface area contributed by atoms with Gasteiger partial charge in [-0.3, -0.25) is 4.79 Å². The number of aromatic amines is 1. The van der Waals surface area contributed by atoms with Gasteiger partial charge in [0, 0.05) is 18.9 Å². The summed E-state index contributed by atoms with van der Waals surface area (Å²) in [4.78, 5) is 17.8. The molecule has 1 aromatic heterocycles. The van der Waals surface area contributed by atoms with Gasteiger partial charge >= 0.3 is 0 Å². The summed E-state index contributed by atoms with van der Waals surface area (Å²) in [5.41, 5.74) is -0.927. The van der Waals surface area contributed by atoms with Crippen LogP contribution in [0.25, 0.3) is 0 Å². The highest BCUT2D eigenvalue weighted by Crippen LogP contribution is 2.27. The molecule has 1 aliphatic rings. The van der Waals surface area contributed by atoms with Crippen LogP contribution in [0, 0.1) is 0 Å². The van der Waals surface area contributed by atoms with Crippen molar-refractivity contribution in [1.82, 2.24) is 9.97 Å². The summed E-state index contributed by atoms with van der Waals surface area (Å²) in [5, 5.41) is 13.1. The van der Waals surface area contributed by atoms with E-state index in [1.807, 2.05) is 0 Å². The summed E-state index contributed by atoms with van der Waals surface area (Å²) in [7, 11) is 0. The van der Waals surface area contributed by atoms with E-state index in [2.05, 4.69) is 15.3 Å². The summed E-state index contributed by atoms with van der Waals surface area (Å²) in [6, 6.07) is 0. The first kappa shape index (κ1) is 11.1. The first-order chi connectivity index (χ1) is 7.70. The van der Waals surface area contributed by atoms with Crippen LogP contribution in [0.3, 0.4) is 0 Å². The van der Waals surface area contributed by atoms with Gasteiger partial charge in [-0.1, -0.05) is 19.3 Å². The average molecular weight is 223 g/mol. The summed E-state index contributed by atoms with van der Waals surface area (Å²) >= 11 is 0. The van der Waals surface area contributed by atoms with Crippen LogP contribution in [0.2, 0.25) is 0 Å². The van der Waals surface area contributed by atoms with Crippen molar-refractivity contribution in [2.45, 2.75) is 37.7 Å². The lowest BCUT2D eigenvalue weighted by atomic mass is 9.85. The molecule has 5 nitrogen and oxygen atoms in total. The Morgan fingerprint density at radius 3 is 2.88 bits per heavy atom. The normalized spacial score (nSPS) is 19.3. The van der Waals surface area contributed by atoms with Crippen molar-refractivity contribution in [3.63, 3.8) is 0 Å². The quantitative estimate of drug-likeness (QED) is 0.710. The molecule has 5 heteroatoms. The van der Waals surface area contributed by atoms with Gasteiger partial charge in [-0.05, 0) is 12.8 Å². The lowest BCUT2D eigenvalue weighted by Gasteiger charge is -2.32. The molecule has 88 valence electrons. The van der Waals surface area contributed by atoms with Crippen LogP contribution in [-0.4, -0.2) is 27.2 Å². The number of anilines is 1. The highest BCUT2D eigenvalue weighted by Gasteiger charge is 2.29. The van der Waals surface area contributed by atoms with Crippen LogP contribution in [0.5, 0.6) is 0 Å².